The highest BCUT2D eigenvalue weighted by Crippen LogP contribution is 2.47. The Balaban J connectivity index is 0.000000183. The fourth-order valence-corrected chi connectivity index (χ4v) is 5.71. The zero-order valence-electron chi connectivity index (χ0n) is 29.7. The van der Waals surface area contributed by atoms with E-state index in [1.54, 1.807) is 30.3 Å². The number of carbonyl (C=O) groups excluding carboxylic acids is 2. The summed E-state index contributed by atoms with van der Waals surface area (Å²) in [5, 5.41) is 2.32. The summed E-state index contributed by atoms with van der Waals surface area (Å²) >= 11 is 26.7. The first-order valence-electron chi connectivity index (χ1n) is 16.4. The van der Waals surface area contributed by atoms with Gasteiger partial charge in [-0.3, -0.25) is 9.59 Å². The van der Waals surface area contributed by atoms with Crippen LogP contribution in [0, 0.1) is 11.6 Å². The van der Waals surface area contributed by atoms with Gasteiger partial charge in [0.2, 0.25) is 0 Å². The Labute approximate surface area is 360 Å². The van der Waals surface area contributed by atoms with Gasteiger partial charge in [-0.15, -0.1) is 40.8 Å². The minimum absolute atomic E-state index is 0.0683. The van der Waals surface area contributed by atoms with Crippen LogP contribution in [0.4, 0.5) is 38.0 Å². The first-order valence-corrected chi connectivity index (χ1v) is 18.6. The second-order valence-electron chi connectivity index (χ2n) is 11.6. The Bertz CT molecular complexity index is 2510. The molecule has 0 saturated heterocycles. The smallest absolute Gasteiger partial charge is 0.395 e. The van der Waals surface area contributed by atoms with Gasteiger partial charge in [0, 0.05) is 46.8 Å². The molecule has 0 radical (unpaired) electrons. The van der Waals surface area contributed by atoms with Crippen LogP contribution in [0.15, 0.2) is 109 Å². The van der Waals surface area contributed by atoms with Crippen molar-refractivity contribution in [3.05, 3.63) is 142 Å². The molecule has 10 nitrogen and oxygen atoms in total. The fraction of sp³-hybridized carbons (Fsp3) is 0.0769. The van der Waals surface area contributed by atoms with Gasteiger partial charge >= 0.3 is 12.6 Å². The largest absolute Gasteiger partial charge is 0.586 e. The quantitative estimate of drug-likeness (QED) is 0.0984. The number of alkyl halides is 6. The molecule has 2 aromatic heterocycles. The van der Waals surface area contributed by atoms with Crippen LogP contribution < -0.4 is 30.0 Å². The Hall–Kier alpha value is -5.65. The Kier molecular flexibility index (Phi) is 14.8. The number of pyridine rings is 2. The number of nitrogen functional groups attached to an aromatic ring is 1. The lowest BCUT2D eigenvalue weighted by Gasteiger charge is -2.08. The Morgan fingerprint density at radius 3 is 1.43 bits per heavy atom. The highest BCUT2D eigenvalue weighted by atomic mass is 35.5. The highest BCUT2D eigenvalue weighted by Gasteiger charge is 2.44. The minimum Gasteiger partial charge on any atom is -0.395 e. The molecular weight excluding hydrogens is 912 g/mol. The maximum atomic E-state index is 13.7. The van der Waals surface area contributed by atoms with E-state index in [-0.39, 0.29) is 55.3 Å². The van der Waals surface area contributed by atoms with Crippen molar-refractivity contribution in [2.75, 3.05) is 16.4 Å². The summed E-state index contributed by atoms with van der Waals surface area (Å²) in [4.78, 5) is 30.5. The van der Waals surface area contributed by atoms with Crippen molar-refractivity contribution in [2.45, 2.75) is 12.6 Å². The van der Waals surface area contributed by atoms with E-state index in [2.05, 4.69) is 34.2 Å². The molecule has 0 unspecified atom stereocenters. The molecule has 8 rings (SSSR count). The SMILES string of the molecule is ClCCl.Nc1ccc(-c2cc3c(cc2Cl)OC(F)(F)O3)cn1.O=C(Cl)c1ccccc1F.O=C(Nc1ccc(-c2cc3c(cc2Cl)OC(F)(F)O3)cn1)c1ccccc1F. The second-order valence-corrected chi connectivity index (χ2v) is 13.6. The van der Waals surface area contributed by atoms with Crippen molar-refractivity contribution in [1.29, 1.82) is 0 Å². The molecule has 312 valence electrons. The molecule has 0 fully saturated rings. The number of hydrogen-bond acceptors (Lipinski definition) is 9. The summed E-state index contributed by atoms with van der Waals surface area (Å²) in [6, 6.07) is 22.6. The van der Waals surface area contributed by atoms with Gasteiger partial charge in [-0.2, -0.15) is 0 Å². The number of rotatable bonds is 5. The molecule has 0 aliphatic carbocycles. The predicted octanol–water partition coefficient (Wildman–Crippen LogP) is 12.0. The maximum absolute atomic E-state index is 13.7. The van der Waals surface area contributed by atoms with Crippen molar-refractivity contribution in [1.82, 2.24) is 9.97 Å². The van der Waals surface area contributed by atoms with Crippen LogP contribution in [-0.4, -0.2) is 39.0 Å². The monoisotopic (exact) mass is 932 g/mol. The molecular formula is C39H23Cl5F6N4O6. The van der Waals surface area contributed by atoms with Crippen LogP contribution in [0.5, 0.6) is 23.0 Å². The van der Waals surface area contributed by atoms with Crippen LogP contribution in [0.3, 0.4) is 0 Å². The van der Waals surface area contributed by atoms with Crippen molar-refractivity contribution in [3.63, 3.8) is 0 Å². The lowest BCUT2D eigenvalue weighted by atomic mass is 10.1. The highest BCUT2D eigenvalue weighted by molar-refractivity contribution is 6.67. The molecule has 4 aromatic carbocycles. The third-order valence-electron chi connectivity index (χ3n) is 7.60. The summed E-state index contributed by atoms with van der Waals surface area (Å²) in [5.41, 5.74) is 7.32. The van der Waals surface area contributed by atoms with E-state index in [1.807, 2.05) is 0 Å². The van der Waals surface area contributed by atoms with Crippen LogP contribution in [0.25, 0.3) is 22.3 Å². The van der Waals surface area contributed by atoms with E-state index >= 15 is 0 Å². The summed E-state index contributed by atoms with van der Waals surface area (Å²) in [5.74, 6) is -1.83. The average Bonchev–Trinajstić information content (AvgIpc) is 3.67. The normalized spacial score (nSPS) is 13.3. The van der Waals surface area contributed by atoms with Gasteiger partial charge < -0.3 is 30.0 Å². The van der Waals surface area contributed by atoms with Crippen molar-refractivity contribution >= 4 is 80.8 Å². The van der Waals surface area contributed by atoms with E-state index in [1.165, 1.54) is 79.1 Å². The van der Waals surface area contributed by atoms with E-state index in [0.717, 1.165) is 0 Å². The molecule has 21 heteroatoms. The summed E-state index contributed by atoms with van der Waals surface area (Å²) < 4.78 is 95.9. The van der Waals surface area contributed by atoms with E-state index in [4.69, 9.17) is 63.7 Å². The predicted molar refractivity (Wildman–Crippen MR) is 214 cm³/mol. The molecule has 4 heterocycles. The maximum Gasteiger partial charge on any atom is 0.586 e. The third kappa shape index (κ3) is 11.8. The van der Waals surface area contributed by atoms with Gasteiger partial charge in [-0.1, -0.05) is 47.5 Å². The number of carbonyl (C=O) groups is 2. The number of halogens is 11. The second kappa shape index (κ2) is 19.6. The molecule has 60 heavy (non-hydrogen) atoms. The lowest BCUT2D eigenvalue weighted by molar-refractivity contribution is -0.287. The molecule has 1 amide bonds. The first kappa shape index (κ1) is 45.4. The number of aromatic nitrogens is 2. The number of nitrogens with one attached hydrogen (secondary N) is 1. The number of amides is 1. The Morgan fingerprint density at radius 2 is 1.05 bits per heavy atom. The zero-order chi connectivity index (χ0) is 43.8. The molecule has 0 bridgehead atoms. The number of fused-ring (bicyclic) bond motifs is 2. The number of anilines is 2. The van der Waals surface area contributed by atoms with E-state index in [9.17, 15) is 35.9 Å². The average molecular weight is 935 g/mol. The van der Waals surface area contributed by atoms with Crippen LogP contribution in [0.1, 0.15) is 20.7 Å². The minimum atomic E-state index is -3.75. The summed E-state index contributed by atoms with van der Waals surface area (Å²) in [6.45, 7) is 0. The number of nitrogens with zero attached hydrogens (tertiary/aromatic N) is 2. The molecule has 3 N–H and O–H groups in total. The van der Waals surface area contributed by atoms with Gasteiger partial charge in [0.25, 0.3) is 11.1 Å². The fourth-order valence-electron chi connectivity index (χ4n) is 5.03. The first-order chi connectivity index (χ1) is 28.4. The van der Waals surface area contributed by atoms with Crippen LogP contribution in [-0.2, 0) is 0 Å². The number of nitrogens with two attached hydrogens (primary N) is 1. The molecule has 2 aliphatic heterocycles. The summed E-state index contributed by atoms with van der Waals surface area (Å²) in [6.07, 6.45) is -4.53. The molecule has 0 spiro atoms. The molecule has 0 atom stereocenters. The van der Waals surface area contributed by atoms with Gasteiger partial charge in [0.05, 0.1) is 26.5 Å². The van der Waals surface area contributed by atoms with E-state index in [0.29, 0.717) is 28.1 Å². The van der Waals surface area contributed by atoms with Gasteiger partial charge in [0.15, 0.2) is 23.0 Å². The third-order valence-corrected chi connectivity index (χ3v) is 8.43. The van der Waals surface area contributed by atoms with E-state index < -0.39 is 35.4 Å². The number of benzene rings is 4. The van der Waals surface area contributed by atoms with Crippen LogP contribution in [0.2, 0.25) is 10.0 Å². The topological polar surface area (TPSA) is 135 Å². The molecule has 6 aromatic rings. The van der Waals surface area contributed by atoms with Crippen molar-refractivity contribution < 1.29 is 54.9 Å². The van der Waals surface area contributed by atoms with Gasteiger partial charge in [-0.05, 0) is 72.3 Å². The number of hydrogen-bond donors (Lipinski definition) is 2. The summed E-state index contributed by atoms with van der Waals surface area (Å²) in [7, 11) is 0. The van der Waals surface area contributed by atoms with Crippen LogP contribution >= 0.6 is 58.0 Å². The van der Waals surface area contributed by atoms with Crippen molar-refractivity contribution in [2.24, 2.45) is 0 Å². The zero-order valence-corrected chi connectivity index (χ0v) is 33.5. The standard InChI is InChI=1S/C19H10ClF3N2O3.C12H7ClF2N2O2.C7H4ClFO.CH2Cl2/c20-13-8-16-15(27-19(22,23)28-16)7-12(13)10-5-6-17(24-9-10)25-18(26)11-3-1-2-4-14(11)21;13-8-4-10-9(18-12(14,15)19-10)3-7(8)6-1-2-11(16)17-5-6;8-7(10)5-3-1-2-4-6(5)9;2-1-3/h1-9H,(H,24,25,26);1-5H,(H2,16,17);1-4H;1H2. The van der Waals surface area contributed by atoms with Gasteiger partial charge in [-0.25, -0.2) is 18.7 Å². The Morgan fingerprint density at radius 1 is 0.633 bits per heavy atom. The molecule has 0 saturated carbocycles. The molecule has 2 aliphatic rings. The number of ether oxygens (including phenoxy) is 4. The van der Waals surface area contributed by atoms with Gasteiger partial charge in [0.1, 0.15) is 23.3 Å². The van der Waals surface area contributed by atoms with Crippen molar-refractivity contribution in [3.8, 4) is 45.3 Å². The lowest BCUT2D eigenvalue weighted by Crippen LogP contribution is -2.25.